The number of carbonyl (C=O) groups excluding carboxylic acids is 2. The molecule has 1 aromatic carbocycles. The standard InChI is InChI=1S/C25H29ClN4O4S/c1-3-33-24(32)18-10-12-30(13-11-18)22(27)17-6-4-16(5-7-17)19-14-25(2,34-29-19)15-28-23(31)20-8-9-21(26)35-20/h4-9,18,27H,3,10-15H2,1-2H3,(H,28,31). The van der Waals surface area contributed by atoms with Crippen molar-refractivity contribution in [3.63, 3.8) is 0 Å². The number of carbonyl (C=O) groups is 2. The van der Waals surface area contributed by atoms with Crippen molar-refractivity contribution < 1.29 is 19.2 Å². The van der Waals surface area contributed by atoms with Crippen LogP contribution in [-0.2, 0) is 14.4 Å². The molecule has 1 saturated heterocycles. The number of hydrogen-bond donors (Lipinski definition) is 2. The number of nitrogens with zero attached hydrogens (tertiary/aromatic N) is 2. The van der Waals surface area contributed by atoms with Gasteiger partial charge in [-0.1, -0.05) is 41.0 Å². The van der Waals surface area contributed by atoms with Gasteiger partial charge in [0, 0.05) is 25.1 Å². The number of nitrogens with one attached hydrogen (secondary N) is 2. The fraction of sp³-hybridized carbons (Fsp3) is 0.440. The maximum Gasteiger partial charge on any atom is 0.309 e. The molecule has 1 aromatic heterocycles. The smallest absolute Gasteiger partial charge is 0.309 e. The zero-order chi connectivity index (χ0) is 25.0. The number of rotatable bonds is 7. The maximum atomic E-state index is 12.3. The molecule has 2 aliphatic heterocycles. The number of benzene rings is 1. The van der Waals surface area contributed by atoms with Crippen LogP contribution < -0.4 is 5.32 Å². The molecular formula is C25H29ClN4O4S. The summed E-state index contributed by atoms with van der Waals surface area (Å²) in [7, 11) is 0. The van der Waals surface area contributed by atoms with E-state index >= 15 is 0 Å². The third-order valence-corrected chi connectivity index (χ3v) is 7.49. The molecule has 0 spiro atoms. The Morgan fingerprint density at radius 3 is 2.60 bits per heavy atom. The first-order chi connectivity index (χ1) is 16.8. The Morgan fingerprint density at radius 1 is 1.26 bits per heavy atom. The van der Waals surface area contributed by atoms with E-state index in [1.165, 1.54) is 11.3 Å². The van der Waals surface area contributed by atoms with Gasteiger partial charge in [0.05, 0.1) is 34.0 Å². The van der Waals surface area contributed by atoms with Gasteiger partial charge in [-0.25, -0.2) is 0 Å². The van der Waals surface area contributed by atoms with Crippen LogP contribution in [0.15, 0.2) is 41.6 Å². The van der Waals surface area contributed by atoms with Crippen LogP contribution in [0.25, 0.3) is 0 Å². The first-order valence-corrected chi connectivity index (χ1v) is 12.9. The molecule has 0 saturated carbocycles. The predicted octanol–water partition coefficient (Wildman–Crippen LogP) is 4.32. The number of piperidine rings is 1. The molecule has 10 heteroatoms. The third-order valence-electron chi connectivity index (χ3n) is 6.26. The molecule has 1 unspecified atom stereocenters. The Bertz CT molecular complexity index is 1120. The van der Waals surface area contributed by atoms with Gasteiger partial charge in [-0.05, 0) is 44.4 Å². The summed E-state index contributed by atoms with van der Waals surface area (Å²) in [5.74, 6) is 0.0491. The summed E-state index contributed by atoms with van der Waals surface area (Å²) in [6.07, 6.45) is 1.95. The molecule has 1 fully saturated rings. The molecule has 2 aromatic rings. The quantitative estimate of drug-likeness (QED) is 0.324. The van der Waals surface area contributed by atoms with Crippen molar-refractivity contribution in [2.24, 2.45) is 11.1 Å². The molecule has 186 valence electrons. The Hall–Kier alpha value is -2.91. The van der Waals surface area contributed by atoms with Gasteiger partial charge in [0.1, 0.15) is 5.84 Å². The van der Waals surface area contributed by atoms with Gasteiger partial charge in [-0.2, -0.15) is 0 Å². The number of ether oxygens (including phenoxy) is 1. The van der Waals surface area contributed by atoms with E-state index in [9.17, 15) is 9.59 Å². The number of halogens is 1. The molecule has 2 aliphatic rings. The van der Waals surface area contributed by atoms with Crippen molar-refractivity contribution in [3.05, 3.63) is 56.7 Å². The van der Waals surface area contributed by atoms with Crippen molar-refractivity contribution in [2.75, 3.05) is 26.2 Å². The summed E-state index contributed by atoms with van der Waals surface area (Å²) < 4.78 is 5.70. The minimum Gasteiger partial charge on any atom is -0.466 e. The number of esters is 1. The topological polar surface area (TPSA) is 104 Å². The molecule has 0 aliphatic carbocycles. The van der Waals surface area contributed by atoms with Crippen molar-refractivity contribution in [3.8, 4) is 0 Å². The minimum atomic E-state index is -0.638. The largest absolute Gasteiger partial charge is 0.466 e. The fourth-order valence-electron chi connectivity index (χ4n) is 4.23. The first-order valence-electron chi connectivity index (χ1n) is 11.7. The average Bonchev–Trinajstić information content (AvgIpc) is 3.49. The summed E-state index contributed by atoms with van der Waals surface area (Å²) in [5, 5.41) is 15.7. The van der Waals surface area contributed by atoms with E-state index in [-0.39, 0.29) is 17.8 Å². The van der Waals surface area contributed by atoms with Gasteiger partial charge in [0.2, 0.25) is 0 Å². The highest BCUT2D eigenvalue weighted by Crippen LogP contribution is 2.27. The SMILES string of the molecule is CCOC(=O)C1CCN(C(=N)c2ccc(C3=NOC(C)(CNC(=O)c4ccc(Cl)s4)C3)cc2)CC1. The number of amides is 1. The number of hydrogen-bond acceptors (Lipinski definition) is 7. The van der Waals surface area contributed by atoms with Gasteiger partial charge in [0.15, 0.2) is 5.60 Å². The van der Waals surface area contributed by atoms with Crippen LogP contribution in [0.2, 0.25) is 4.34 Å². The number of amidine groups is 1. The van der Waals surface area contributed by atoms with Crippen molar-refractivity contribution in [1.82, 2.24) is 10.2 Å². The second-order valence-corrected chi connectivity index (χ2v) is 10.7. The number of oxime groups is 1. The van der Waals surface area contributed by atoms with Crippen LogP contribution in [0.3, 0.4) is 0 Å². The molecule has 2 N–H and O–H groups in total. The van der Waals surface area contributed by atoms with Crippen LogP contribution in [0.5, 0.6) is 0 Å². The molecule has 8 nitrogen and oxygen atoms in total. The van der Waals surface area contributed by atoms with Crippen LogP contribution in [-0.4, -0.2) is 60.2 Å². The summed E-state index contributed by atoms with van der Waals surface area (Å²) in [4.78, 5) is 32.5. The van der Waals surface area contributed by atoms with Gasteiger partial charge in [0.25, 0.3) is 5.91 Å². The lowest BCUT2D eigenvalue weighted by atomic mass is 9.94. The van der Waals surface area contributed by atoms with Gasteiger partial charge < -0.3 is 19.8 Å². The Balaban J connectivity index is 1.29. The lowest BCUT2D eigenvalue weighted by Crippen LogP contribution is -2.40. The molecule has 3 heterocycles. The highest BCUT2D eigenvalue weighted by molar-refractivity contribution is 7.18. The van der Waals surface area contributed by atoms with Gasteiger partial charge in [-0.15, -0.1) is 11.3 Å². The minimum absolute atomic E-state index is 0.0797. The van der Waals surface area contributed by atoms with E-state index in [1.54, 1.807) is 12.1 Å². The van der Waals surface area contributed by atoms with Crippen LogP contribution >= 0.6 is 22.9 Å². The number of likely N-dealkylation sites (tertiary alicyclic amines) is 1. The Kier molecular flexibility index (Phi) is 7.76. The summed E-state index contributed by atoms with van der Waals surface area (Å²) in [6.45, 7) is 5.76. The zero-order valence-electron chi connectivity index (χ0n) is 19.8. The highest BCUT2D eigenvalue weighted by atomic mass is 35.5. The van der Waals surface area contributed by atoms with Crippen LogP contribution in [0.1, 0.15) is 53.9 Å². The van der Waals surface area contributed by atoms with Crippen LogP contribution in [0.4, 0.5) is 0 Å². The van der Waals surface area contributed by atoms with Crippen molar-refractivity contribution in [2.45, 2.75) is 38.7 Å². The second kappa shape index (κ2) is 10.8. The van der Waals surface area contributed by atoms with Gasteiger partial charge in [-0.3, -0.25) is 15.0 Å². The summed E-state index contributed by atoms with van der Waals surface area (Å²) in [6, 6.07) is 11.1. The molecule has 0 radical (unpaired) electrons. The monoisotopic (exact) mass is 516 g/mol. The molecule has 0 bridgehead atoms. The average molecular weight is 517 g/mol. The Labute approximate surface area is 213 Å². The molecule has 1 atom stereocenters. The lowest BCUT2D eigenvalue weighted by Gasteiger charge is -2.32. The van der Waals surface area contributed by atoms with Crippen LogP contribution in [0, 0.1) is 11.3 Å². The fourth-order valence-corrected chi connectivity index (χ4v) is 5.19. The predicted molar refractivity (Wildman–Crippen MR) is 137 cm³/mol. The first kappa shape index (κ1) is 25.2. The Morgan fingerprint density at radius 2 is 1.97 bits per heavy atom. The van der Waals surface area contributed by atoms with E-state index in [1.807, 2.05) is 43.0 Å². The van der Waals surface area contributed by atoms with E-state index in [4.69, 9.17) is 26.6 Å². The van der Waals surface area contributed by atoms with E-state index in [2.05, 4.69) is 10.5 Å². The molecular weight excluding hydrogens is 488 g/mol. The molecule has 1 amide bonds. The van der Waals surface area contributed by atoms with Crippen molar-refractivity contribution in [1.29, 1.82) is 5.41 Å². The van der Waals surface area contributed by atoms with E-state index in [0.29, 0.717) is 60.6 Å². The summed E-state index contributed by atoms with van der Waals surface area (Å²) in [5.41, 5.74) is 1.89. The zero-order valence-corrected chi connectivity index (χ0v) is 21.4. The van der Waals surface area contributed by atoms with Crippen molar-refractivity contribution >= 4 is 46.4 Å². The molecule has 35 heavy (non-hydrogen) atoms. The third kappa shape index (κ3) is 6.02. The number of thiophene rings is 1. The maximum absolute atomic E-state index is 12.3. The second-order valence-electron chi connectivity index (χ2n) is 8.98. The van der Waals surface area contributed by atoms with E-state index in [0.717, 1.165) is 16.8 Å². The lowest BCUT2D eigenvalue weighted by molar-refractivity contribution is -0.149. The highest BCUT2D eigenvalue weighted by Gasteiger charge is 2.35. The molecule has 4 rings (SSSR count). The van der Waals surface area contributed by atoms with Gasteiger partial charge >= 0.3 is 5.97 Å². The summed E-state index contributed by atoms with van der Waals surface area (Å²) >= 11 is 7.15. The van der Waals surface area contributed by atoms with E-state index < -0.39 is 5.60 Å². The normalized spacial score (nSPS) is 20.2.